The smallest absolute Gasteiger partial charge is 0.291 e. The van der Waals surface area contributed by atoms with E-state index < -0.39 is 5.09 Å². The van der Waals surface area contributed by atoms with Crippen molar-refractivity contribution in [3.63, 3.8) is 0 Å². The van der Waals surface area contributed by atoms with E-state index >= 15 is 0 Å². The van der Waals surface area contributed by atoms with E-state index in [1.807, 2.05) is 13.8 Å². The summed E-state index contributed by atoms with van der Waals surface area (Å²) < 4.78 is 0. The Balaban J connectivity index is 0. The van der Waals surface area contributed by atoms with Crippen LogP contribution in [-0.2, 0) is 0 Å². The van der Waals surface area contributed by atoms with E-state index in [-0.39, 0.29) is 22.9 Å². The Morgan fingerprint density at radius 3 is 2.00 bits per heavy atom. The maximum Gasteiger partial charge on any atom is 0.291 e. The lowest BCUT2D eigenvalue weighted by Gasteiger charge is -2.33. The summed E-state index contributed by atoms with van der Waals surface area (Å²) in [4.78, 5) is 12.0. The number of guanidine groups is 2. The number of nitrogens with zero attached hydrogens (tertiary/aromatic N) is 2. The van der Waals surface area contributed by atoms with E-state index in [1.54, 1.807) is 0 Å². The van der Waals surface area contributed by atoms with Crippen molar-refractivity contribution in [1.29, 1.82) is 5.41 Å². The van der Waals surface area contributed by atoms with Crippen LogP contribution in [0.15, 0.2) is 4.99 Å². The van der Waals surface area contributed by atoms with Crippen LogP contribution in [0.5, 0.6) is 0 Å². The van der Waals surface area contributed by atoms with E-state index in [4.69, 9.17) is 32.2 Å². The van der Waals surface area contributed by atoms with Gasteiger partial charge in [0.25, 0.3) is 5.09 Å². The SMILES string of the molecule is CC(C)(C)CC(C)(C)N/C(N)=N/C(=N)N.O=[N+]([O-])O. The largest absolute Gasteiger partial charge is 0.370 e. The first-order valence-electron chi connectivity index (χ1n) is 5.55. The van der Waals surface area contributed by atoms with Crippen molar-refractivity contribution in [1.82, 2.24) is 5.32 Å². The Morgan fingerprint density at radius 1 is 1.37 bits per heavy atom. The monoisotopic (exact) mass is 276 g/mol. The van der Waals surface area contributed by atoms with Crippen molar-refractivity contribution in [3.8, 4) is 0 Å². The van der Waals surface area contributed by atoms with Crippen LogP contribution >= 0.6 is 0 Å². The third-order valence-electron chi connectivity index (χ3n) is 1.68. The van der Waals surface area contributed by atoms with Crippen molar-refractivity contribution in [3.05, 3.63) is 10.1 Å². The van der Waals surface area contributed by atoms with Gasteiger partial charge in [-0.25, -0.2) is 0 Å². The maximum absolute atomic E-state index is 8.36. The molecule has 0 aromatic heterocycles. The molecule has 0 saturated carbocycles. The normalized spacial score (nSPS) is 12.2. The molecule has 0 spiro atoms. The molecule has 9 heteroatoms. The summed E-state index contributed by atoms with van der Waals surface area (Å²) in [5.41, 5.74) is 10.7. The van der Waals surface area contributed by atoms with Crippen molar-refractivity contribution in [2.24, 2.45) is 21.9 Å². The Kier molecular flexibility index (Phi) is 7.50. The zero-order chi connectivity index (χ0) is 15.9. The molecule has 0 aromatic rings. The minimum Gasteiger partial charge on any atom is -0.370 e. The van der Waals surface area contributed by atoms with Crippen molar-refractivity contribution in [2.45, 2.75) is 46.6 Å². The standard InChI is InChI=1S/C10H23N5.HNO3/c1-9(2,3)6-10(4,5)15-8(13)14-7(11)12;2-1(3)4/h6H2,1-5H3,(H6,11,12,13,14,15);(H,2,3,4). The fraction of sp³-hybridized carbons (Fsp3) is 0.800. The molecule has 0 aromatic carbocycles. The molecular formula is C10H24N6O3. The summed E-state index contributed by atoms with van der Waals surface area (Å²) in [6.07, 6.45) is 0.939. The third kappa shape index (κ3) is 18.5. The molecule has 9 nitrogen and oxygen atoms in total. The minimum atomic E-state index is -1.50. The van der Waals surface area contributed by atoms with E-state index in [0.29, 0.717) is 0 Å². The number of nitrogens with two attached hydrogens (primary N) is 2. The lowest BCUT2D eigenvalue weighted by molar-refractivity contribution is -0.742. The van der Waals surface area contributed by atoms with Gasteiger partial charge in [0, 0.05) is 5.54 Å². The van der Waals surface area contributed by atoms with Gasteiger partial charge in [0.15, 0.2) is 5.96 Å². The quantitative estimate of drug-likeness (QED) is 0.215. The molecule has 0 unspecified atom stereocenters. The summed E-state index contributed by atoms with van der Waals surface area (Å²) >= 11 is 0. The number of aliphatic imine (C=N–C) groups is 1. The second kappa shape index (κ2) is 7.39. The van der Waals surface area contributed by atoms with E-state index in [0.717, 1.165) is 6.42 Å². The molecule has 0 atom stereocenters. The van der Waals surface area contributed by atoms with Crippen LogP contribution in [0.4, 0.5) is 0 Å². The fourth-order valence-corrected chi connectivity index (χ4v) is 1.87. The zero-order valence-electron chi connectivity index (χ0n) is 12.0. The first-order chi connectivity index (χ1) is 8.25. The topological polar surface area (TPSA) is 164 Å². The fourth-order valence-electron chi connectivity index (χ4n) is 1.87. The molecule has 0 radical (unpaired) electrons. The van der Waals surface area contributed by atoms with Crippen LogP contribution < -0.4 is 16.8 Å². The van der Waals surface area contributed by atoms with Crippen LogP contribution in [0.3, 0.4) is 0 Å². The lowest BCUT2D eigenvalue weighted by Crippen LogP contribution is -2.49. The van der Waals surface area contributed by atoms with Gasteiger partial charge in [0.05, 0.1) is 0 Å². The molecule has 0 saturated heterocycles. The first kappa shape index (κ1) is 19.3. The van der Waals surface area contributed by atoms with Gasteiger partial charge in [0.1, 0.15) is 0 Å². The maximum atomic E-state index is 8.36. The second-order valence-corrected chi connectivity index (χ2v) is 5.87. The number of rotatable bonds is 2. The summed E-state index contributed by atoms with van der Waals surface area (Å²) in [6.45, 7) is 10.6. The molecular weight excluding hydrogens is 252 g/mol. The van der Waals surface area contributed by atoms with Gasteiger partial charge in [0.2, 0.25) is 5.96 Å². The van der Waals surface area contributed by atoms with Gasteiger partial charge in [-0.1, -0.05) is 20.8 Å². The Hall–Kier alpha value is -2.06. The highest BCUT2D eigenvalue weighted by molar-refractivity contribution is 5.92. The molecule has 0 fully saturated rings. The van der Waals surface area contributed by atoms with Gasteiger partial charge in [-0.3, -0.25) is 5.41 Å². The van der Waals surface area contributed by atoms with Gasteiger partial charge < -0.3 is 22.0 Å². The number of hydrogen-bond donors (Lipinski definition) is 5. The average Bonchev–Trinajstić information content (AvgIpc) is 1.91. The van der Waals surface area contributed by atoms with Crippen LogP contribution in [0, 0.1) is 20.9 Å². The number of nitrogens with one attached hydrogen (secondary N) is 2. The van der Waals surface area contributed by atoms with Crippen LogP contribution in [0.2, 0.25) is 0 Å². The highest BCUT2D eigenvalue weighted by Gasteiger charge is 2.25. The van der Waals surface area contributed by atoms with Gasteiger partial charge >= 0.3 is 0 Å². The predicted molar refractivity (Wildman–Crippen MR) is 73.6 cm³/mol. The van der Waals surface area contributed by atoms with Gasteiger partial charge in [-0.15, -0.1) is 10.1 Å². The summed E-state index contributed by atoms with van der Waals surface area (Å²) in [7, 11) is 0. The number of hydrogen-bond acceptors (Lipinski definition) is 3. The predicted octanol–water partition coefficient (Wildman–Crippen LogP) is 0.651. The zero-order valence-corrected chi connectivity index (χ0v) is 12.0. The molecule has 112 valence electrons. The second-order valence-electron chi connectivity index (χ2n) is 5.87. The van der Waals surface area contributed by atoms with E-state index in [2.05, 4.69) is 31.1 Å². The van der Waals surface area contributed by atoms with Crippen molar-refractivity contribution < 1.29 is 10.3 Å². The average molecular weight is 276 g/mol. The molecule has 0 bridgehead atoms. The lowest BCUT2D eigenvalue weighted by atomic mass is 9.82. The van der Waals surface area contributed by atoms with Gasteiger partial charge in [-0.2, -0.15) is 4.99 Å². The van der Waals surface area contributed by atoms with E-state index in [9.17, 15) is 0 Å². The van der Waals surface area contributed by atoms with Crippen LogP contribution in [-0.4, -0.2) is 27.8 Å². The Bertz CT molecular complexity index is 342. The molecule has 19 heavy (non-hydrogen) atoms. The molecule has 0 aliphatic carbocycles. The van der Waals surface area contributed by atoms with Crippen LogP contribution in [0.25, 0.3) is 0 Å². The third-order valence-corrected chi connectivity index (χ3v) is 1.68. The minimum absolute atomic E-state index is 0.165. The summed E-state index contributed by atoms with van der Waals surface area (Å²) in [5.74, 6) is -0.0942. The molecule has 0 heterocycles. The van der Waals surface area contributed by atoms with Crippen molar-refractivity contribution >= 4 is 11.9 Å². The van der Waals surface area contributed by atoms with Crippen LogP contribution in [0.1, 0.15) is 41.0 Å². The molecule has 0 aliphatic heterocycles. The summed E-state index contributed by atoms with van der Waals surface area (Å²) in [6, 6.07) is 0. The highest BCUT2D eigenvalue weighted by Crippen LogP contribution is 2.26. The highest BCUT2D eigenvalue weighted by atomic mass is 16.9. The Morgan fingerprint density at radius 2 is 1.74 bits per heavy atom. The van der Waals surface area contributed by atoms with E-state index in [1.165, 1.54) is 0 Å². The molecule has 0 rings (SSSR count). The molecule has 0 aliphatic rings. The summed E-state index contributed by atoms with van der Waals surface area (Å²) in [5, 5.41) is 23.7. The van der Waals surface area contributed by atoms with Gasteiger partial charge in [-0.05, 0) is 25.7 Å². The molecule has 7 N–H and O–H groups in total. The van der Waals surface area contributed by atoms with Crippen molar-refractivity contribution in [2.75, 3.05) is 0 Å². The Labute approximate surface area is 112 Å². The molecule has 0 amide bonds. The first-order valence-corrected chi connectivity index (χ1v) is 5.55.